The molecular weight excluding hydrogens is 290 g/mol. The van der Waals surface area contributed by atoms with E-state index in [9.17, 15) is 9.90 Å². The Kier molecular flexibility index (Phi) is 4.63. The van der Waals surface area contributed by atoms with Gasteiger partial charge in [0, 0.05) is 6.54 Å². The van der Waals surface area contributed by atoms with Crippen LogP contribution in [0.15, 0.2) is 60.7 Å². The molecule has 4 nitrogen and oxygen atoms in total. The Bertz CT molecular complexity index is 646. The summed E-state index contributed by atoms with van der Waals surface area (Å²) in [6.45, 7) is 0.367. The number of carbonyl (C=O) groups is 1. The number of likely N-dealkylation sites (tertiary alicyclic amines) is 1. The number of β-amino-alcohol motifs (C(OH)–C–C–N with tert-alkyl or cyclic N) is 1. The highest BCUT2D eigenvalue weighted by atomic mass is 16.5. The smallest absolute Gasteiger partial charge is 0.233 e. The van der Waals surface area contributed by atoms with Gasteiger partial charge in [0.2, 0.25) is 5.91 Å². The number of aliphatic hydroxyl groups excluding tert-OH is 1. The molecule has 0 saturated carbocycles. The molecule has 1 amide bonds. The first-order chi connectivity index (χ1) is 11.2. The summed E-state index contributed by atoms with van der Waals surface area (Å²) in [5.74, 6) is 0.490. The fraction of sp³-hybridized carbons (Fsp3) is 0.316. The van der Waals surface area contributed by atoms with Crippen LogP contribution in [0.25, 0.3) is 0 Å². The van der Waals surface area contributed by atoms with E-state index in [2.05, 4.69) is 0 Å². The van der Waals surface area contributed by atoms with Crippen LogP contribution in [0, 0.1) is 5.92 Å². The van der Waals surface area contributed by atoms with Crippen molar-refractivity contribution in [2.75, 3.05) is 13.7 Å². The molecule has 2 atom stereocenters. The van der Waals surface area contributed by atoms with Crippen LogP contribution in [-0.4, -0.2) is 35.7 Å². The standard InChI is InChI=1S/C19H21NO3/c1-23-17-10-6-9-15(11-17)18-12-16(21)13-20(18)19(22)14-7-4-2-3-5-8-14/h2-11,14,16,18,21H,12-13H2,1H3/t16-,18+/m0/s1. The number of rotatable bonds is 3. The largest absolute Gasteiger partial charge is 0.497 e. The highest BCUT2D eigenvalue weighted by molar-refractivity contribution is 5.83. The van der Waals surface area contributed by atoms with Crippen LogP contribution in [0.5, 0.6) is 5.75 Å². The topological polar surface area (TPSA) is 49.8 Å². The number of aliphatic hydroxyl groups is 1. The van der Waals surface area contributed by atoms with E-state index in [1.165, 1.54) is 0 Å². The Morgan fingerprint density at radius 1 is 1.22 bits per heavy atom. The minimum Gasteiger partial charge on any atom is -0.497 e. The zero-order valence-electron chi connectivity index (χ0n) is 13.1. The number of amides is 1. The lowest BCUT2D eigenvalue weighted by Crippen LogP contribution is -2.35. The van der Waals surface area contributed by atoms with Gasteiger partial charge >= 0.3 is 0 Å². The predicted molar refractivity (Wildman–Crippen MR) is 89.0 cm³/mol. The third kappa shape index (κ3) is 3.37. The first kappa shape index (κ1) is 15.6. The number of hydrogen-bond acceptors (Lipinski definition) is 3. The maximum Gasteiger partial charge on any atom is 0.233 e. The summed E-state index contributed by atoms with van der Waals surface area (Å²) in [5, 5.41) is 10.1. The molecule has 23 heavy (non-hydrogen) atoms. The molecule has 1 aromatic rings. The van der Waals surface area contributed by atoms with E-state index in [0.29, 0.717) is 13.0 Å². The Balaban J connectivity index is 1.85. The van der Waals surface area contributed by atoms with Crippen molar-refractivity contribution in [2.24, 2.45) is 5.92 Å². The van der Waals surface area contributed by atoms with Crippen molar-refractivity contribution in [3.63, 3.8) is 0 Å². The van der Waals surface area contributed by atoms with Crippen LogP contribution < -0.4 is 4.74 Å². The maximum absolute atomic E-state index is 12.9. The fourth-order valence-corrected chi connectivity index (χ4v) is 3.14. The van der Waals surface area contributed by atoms with Crippen LogP contribution in [-0.2, 0) is 4.79 Å². The molecule has 1 aromatic carbocycles. The third-order valence-electron chi connectivity index (χ3n) is 4.30. The predicted octanol–water partition coefficient (Wildman–Crippen LogP) is 2.63. The summed E-state index contributed by atoms with van der Waals surface area (Å²) < 4.78 is 5.27. The molecule has 0 bridgehead atoms. The van der Waals surface area contributed by atoms with Gasteiger partial charge in [-0.3, -0.25) is 4.79 Å². The number of benzene rings is 1. The second-order valence-electron chi connectivity index (χ2n) is 5.85. The Labute approximate surface area is 136 Å². The molecule has 1 saturated heterocycles. The molecule has 0 radical (unpaired) electrons. The van der Waals surface area contributed by atoms with Crippen molar-refractivity contribution in [1.82, 2.24) is 4.90 Å². The summed E-state index contributed by atoms with van der Waals surface area (Å²) in [4.78, 5) is 14.7. The lowest BCUT2D eigenvalue weighted by atomic mass is 10.0. The molecule has 1 aliphatic heterocycles. The van der Waals surface area contributed by atoms with E-state index in [4.69, 9.17) is 4.74 Å². The van der Waals surface area contributed by atoms with Crippen molar-refractivity contribution in [3.8, 4) is 5.75 Å². The zero-order chi connectivity index (χ0) is 16.2. The first-order valence-corrected chi connectivity index (χ1v) is 7.83. The molecule has 3 rings (SSSR count). The zero-order valence-corrected chi connectivity index (χ0v) is 13.1. The average Bonchev–Trinajstić information content (AvgIpc) is 2.79. The molecule has 120 valence electrons. The number of ether oxygens (including phenoxy) is 1. The molecule has 0 unspecified atom stereocenters. The molecule has 4 heteroatoms. The van der Waals surface area contributed by atoms with Crippen LogP contribution in [0.2, 0.25) is 0 Å². The second kappa shape index (κ2) is 6.84. The van der Waals surface area contributed by atoms with E-state index < -0.39 is 6.10 Å². The van der Waals surface area contributed by atoms with Crippen molar-refractivity contribution < 1.29 is 14.6 Å². The molecular formula is C19H21NO3. The molecule has 1 heterocycles. The highest BCUT2D eigenvalue weighted by Crippen LogP contribution is 2.35. The average molecular weight is 311 g/mol. The minimum absolute atomic E-state index is 0.0190. The number of allylic oxidation sites excluding steroid dienone is 4. The Morgan fingerprint density at radius 2 is 1.96 bits per heavy atom. The summed E-state index contributed by atoms with van der Waals surface area (Å²) >= 11 is 0. The molecule has 1 aliphatic carbocycles. The number of carbonyl (C=O) groups excluding carboxylic acids is 1. The van der Waals surface area contributed by atoms with E-state index in [0.717, 1.165) is 11.3 Å². The van der Waals surface area contributed by atoms with Gasteiger partial charge in [-0.05, 0) is 24.1 Å². The van der Waals surface area contributed by atoms with Gasteiger partial charge in [-0.1, -0.05) is 48.6 Å². The van der Waals surface area contributed by atoms with Gasteiger partial charge < -0.3 is 14.7 Å². The SMILES string of the molecule is COc1cccc([C@H]2C[C@H](O)CN2C(=O)C2C=CC=CC=C2)c1. The van der Waals surface area contributed by atoms with Crippen molar-refractivity contribution >= 4 is 5.91 Å². The van der Waals surface area contributed by atoms with Gasteiger partial charge in [0.1, 0.15) is 5.75 Å². The summed E-state index contributed by atoms with van der Waals surface area (Å²) in [6, 6.07) is 7.58. The van der Waals surface area contributed by atoms with Crippen molar-refractivity contribution in [1.29, 1.82) is 0 Å². The summed E-state index contributed by atoms with van der Waals surface area (Å²) in [6.07, 6.45) is 11.4. The number of hydrogen-bond donors (Lipinski definition) is 1. The lowest BCUT2D eigenvalue weighted by Gasteiger charge is -2.27. The quantitative estimate of drug-likeness (QED) is 0.933. The molecule has 0 spiro atoms. The van der Waals surface area contributed by atoms with Gasteiger partial charge in [0.15, 0.2) is 0 Å². The summed E-state index contributed by atoms with van der Waals surface area (Å²) in [7, 11) is 1.62. The first-order valence-electron chi connectivity index (χ1n) is 7.83. The fourth-order valence-electron chi connectivity index (χ4n) is 3.14. The highest BCUT2D eigenvalue weighted by Gasteiger charge is 2.37. The van der Waals surface area contributed by atoms with Gasteiger partial charge in [0.05, 0.1) is 25.2 Å². The van der Waals surface area contributed by atoms with Gasteiger partial charge in [-0.15, -0.1) is 0 Å². The molecule has 1 fully saturated rings. The maximum atomic E-state index is 12.9. The van der Waals surface area contributed by atoms with Crippen LogP contribution in [0.1, 0.15) is 18.0 Å². The minimum atomic E-state index is -0.494. The van der Waals surface area contributed by atoms with Crippen molar-refractivity contribution in [3.05, 3.63) is 66.3 Å². The Morgan fingerprint density at radius 3 is 2.65 bits per heavy atom. The van der Waals surface area contributed by atoms with Gasteiger partial charge in [0.25, 0.3) is 0 Å². The van der Waals surface area contributed by atoms with Crippen molar-refractivity contribution in [2.45, 2.75) is 18.6 Å². The van der Waals surface area contributed by atoms with E-state index in [-0.39, 0.29) is 17.9 Å². The summed E-state index contributed by atoms with van der Waals surface area (Å²) in [5.41, 5.74) is 0.994. The van der Waals surface area contributed by atoms with E-state index in [1.54, 1.807) is 12.0 Å². The Hall–Kier alpha value is -2.33. The van der Waals surface area contributed by atoms with Crippen LogP contribution in [0.3, 0.4) is 0 Å². The van der Waals surface area contributed by atoms with Gasteiger partial charge in [-0.25, -0.2) is 0 Å². The van der Waals surface area contributed by atoms with Gasteiger partial charge in [-0.2, -0.15) is 0 Å². The third-order valence-corrected chi connectivity index (χ3v) is 4.30. The second-order valence-corrected chi connectivity index (χ2v) is 5.85. The van der Waals surface area contributed by atoms with E-state index in [1.807, 2.05) is 60.7 Å². The normalized spacial score (nSPS) is 24.0. The number of nitrogens with zero attached hydrogens (tertiary/aromatic N) is 1. The number of methoxy groups -OCH3 is 1. The molecule has 0 aromatic heterocycles. The van der Waals surface area contributed by atoms with Crippen LogP contribution in [0.4, 0.5) is 0 Å². The van der Waals surface area contributed by atoms with E-state index >= 15 is 0 Å². The monoisotopic (exact) mass is 311 g/mol. The lowest BCUT2D eigenvalue weighted by molar-refractivity contribution is -0.134. The van der Waals surface area contributed by atoms with Crippen LogP contribution >= 0.6 is 0 Å². The molecule has 2 aliphatic rings. The molecule has 1 N–H and O–H groups in total.